The number of likely N-dealkylation sites (N-methyl/N-ethyl adjacent to an activating group) is 1. The molecule has 7 N–H and O–H groups in total. The van der Waals surface area contributed by atoms with Crippen LogP contribution in [0.4, 0.5) is 10.5 Å². The molecule has 3 aliphatic heterocycles. The first-order valence-electron chi connectivity index (χ1n) is 24.8. The van der Waals surface area contributed by atoms with Gasteiger partial charge in [-0.2, -0.15) is 0 Å². The molecule has 0 unspecified atom stereocenters. The Hall–Kier alpha value is -2.52. The molecule has 4 aliphatic rings. The summed E-state index contributed by atoms with van der Waals surface area (Å²) in [6.07, 6.45) is -5.30. The molecule has 0 radical (unpaired) electrons. The average molecular weight is 951 g/mol. The molecule has 3 saturated heterocycles. The number of amides is 2. The summed E-state index contributed by atoms with van der Waals surface area (Å²) in [4.78, 5) is 31.5. The number of cyclic esters (lactones) is 1. The molecule has 384 valence electrons. The van der Waals surface area contributed by atoms with Crippen molar-refractivity contribution in [2.24, 2.45) is 17.8 Å². The van der Waals surface area contributed by atoms with E-state index in [4.69, 9.17) is 28.4 Å². The quantitative estimate of drug-likeness (QED) is 0.116. The second kappa shape index (κ2) is 23.1. The number of benzene rings is 1. The Bertz CT molecular complexity index is 1770. The molecule has 0 aromatic heterocycles. The maximum absolute atomic E-state index is 14.6. The van der Waals surface area contributed by atoms with E-state index < -0.39 is 96.0 Å². The molecule has 17 nitrogen and oxygen atoms in total. The van der Waals surface area contributed by atoms with Crippen LogP contribution < -0.4 is 10.6 Å². The maximum atomic E-state index is 14.6. The van der Waals surface area contributed by atoms with E-state index in [0.29, 0.717) is 32.5 Å². The Morgan fingerprint density at radius 3 is 2.30 bits per heavy atom. The van der Waals surface area contributed by atoms with E-state index in [1.807, 2.05) is 63.7 Å². The Morgan fingerprint density at radius 2 is 1.64 bits per heavy atom. The number of nitrogens with one attached hydrogen (secondary N) is 2. The first-order valence-corrected chi connectivity index (χ1v) is 24.8. The van der Waals surface area contributed by atoms with Crippen LogP contribution in [0, 0.1) is 17.8 Å². The van der Waals surface area contributed by atoms with Gasteiger partial charge in [-0.1, -0.05) is 26.8 Å². The fraction of sp³-hybridized carbons (Fsp3) is 0.840. The lowest BCUT2D eigenvalue weighted by molar-refractivity contribution is -0.318. The van der Waals surface area contributed by atoms with Gasteiger partial charge in [-0.05, 0) is 137 Å². The minimum atomic E-state index is -1.91. The van der Waals surface area contributed by atoms with E-state index in [2.05, 4.69) is 16.7 Å². The minimum absolute atomic E-state index is 0.104. The first kappa shape index (κ1) is 55.4. The summed E-state index contributed by atoms with van der Waals surface area (Å²) in [5.74, 6) is -2.86. The van der Waals surface area contributed by atoms with Crippen molar-refractivity contribution < 1.29 is 63.5 Å². The lowest BCUT2D eigenvalue weighted by Gasteiger charge is -2.48. The average Bonchev–Trinajstić information content (AvgIpc) is 3.74. The Morgan fingerprint density at radius 1 is 0.955 bits per heavy atom. The summed E-state index contributed by atoms with van der Waals surface area (Å²) in [6, 6.07) is 4.70. The van der Waals surface area contributed by atoms with Crippen LogP contribution in [0.1, 0.15) is 119 Å². The lowest BCUT2D eigenvalue weighted by Crippen LogP contribution is -2.60. The van der Waals surface area contributed by atoms with E-state index >= 15 is 0 Å². The normalized spacial score (nSPS) is 41.8. The van der Waals surface area contributed by atoms with Crippen molar-refractivity contribution in [2.75, 3.05) is 46.2 Å². The molecule has 2 amide bonds. The minimum Gasteiger partial charge on any atom is -0.459 e. The van der Waals surface area contributed by atoms with Gasteiger partial charge in [0.1, 0.15) is 30.0 Å². The van der Waals surface area contributed by atoms with Crippen LogP contribution in [0.2, 0.25) is 0 Å². The van der Waals surface area contributed by atoms with Crippen molar-refractivity contribution in [3.63, 3.8) is 0 Å². The second-order valence-corrected chi connectivity index (χ2v) is 21.3. The van der Waals surface area contributed by atoms with E-state index in [9.17, 15) is 35.1 Å². The van der Waals surface area contributed by atoms with Crippen LogP contribution in [0.5, 0.6) is 0 Å². The molecule has 18 atom stereocenters. The highest BCUT2D eigenvalue weighted by atomic mass is 16.7. The van der Waals surface area contributed by atoms with Crippen LogP contribution in [-0.2, 0) is 46.1 Å². The number of esters is 1. The zero-order valence-electron chi connectivity index (χ0n) is 42.6. The molecule has 67 heavy (non-hydrogen) atoms. The van der Waals surface area contributed by atoms with E-state index in [1.54, 1.807) is 34.6 Å². The van der Waals surface area contributed by atoms with Gasteiger partial charge in [0.15, 0.2) is 12.6 Å². The molecule has 1 aliphatic carbocycles. The zero-order chi connectivity index (χ0) is 49.8. The molecule has 0 saturated carbocycles. The van der Waals surface area contributed by atoms with Gasteiger partial charge in [0.25, 0.3) is 0 Å². The van der Waals surface area contributed by atoms with E-state index in [-0.39, 0.29) is 43.4 Å². The summed E-state index contributed by atoms with van der Waals surface area (Å²) in [5.41, 5.74) is -1.30. The summed E-state index contributed by atoms with van der Waals surface area (Å²) in [5, 5.41) is 65.9. The second-order valence-electron chi connectivity index (χ2n) is 21.3. The van der Waals surface area contributed by atoms with Gasteiger partial charge in [0, 0.05) is 56.9 Å². The molecule has 17 heteroatoms. The highest BCUT2D eigenvalue weighted by molar-refractivity contribution is 5.89. The summed E-state index contributed by atoms with van der Waals surface area (Å²) in [7, 11) is 5.26. The van der Waals surface area contributed by atoms with Crippen LogP contribution in [0.3, 0.4) is 0 Å². The number of hydrogen-bond donors (Lipinski definition) is 7. The van der Waals surface area contributed by atoms with Crippen molar-refractivity contribution in [3.8, 4) is 0 Å². The number of rotatable bonds is 12. The number of ether oxygens (including phenoxy) is 6. The monoisotopic (exact) mass is 951 g/mol. The molecular formula is C50H86N4O13. The number of nitrogens with zero attached hydrogens (tertiary/aromatic N) is 2. The topological polar surface area (TPSA) is 221 Å². The molecule has 3 heterocycles. The molecule has 5 rings (SSSR count). The number of aryl methyl sites for hydroxylation is 2. The molecule has 0 spiro atoms. The molecule has 1 aromatic rings. The third-order valence-corrected chi connectivity index (χ3v) is 15.3. The molecule has 0 bridgehead atoms. The Kier molecular flexibility index (Phi) is 19.1. The summed E-state index contributed by atoms with van der Waals surface area (Å²) in [6.45, 7) is 18.6. The van der Waals surface area contributed by atoms with Crippen molar-refractivity contribution in [3.05, 3.63) is 29.3 Å². The number of hydrogen-bond acceptors (Lipinski definition) is 15. The molecule has 1 aromatic carbocycles. The predicted octanol–water partition coefficient (Wildman–Crippen LogP) is 3.97. The number of carbonyl (C=O) groups excluding carboxylic acids is 2. The third kappa shape index (κ3) is 13.3. The van der Waals surface area contributed by atoms with Crippen LogP contribution in [0.25, 0.3) is 0 Å². The van der Waals surface area contributed by atoms with Gasteiger partial charge in [-0.15, -0.1) is 0 Å². The van der Waals surface area contributed by atoms with Gasteiger partial charge >= 0.3 is 12.0 Å². The largest absolute Gasteiger partial charge is 0.459 e. The Balaban J connectivity index is 1.47. The van der Waals surface area contributed by atoms with Gasteiger partial charge in [-0.25, -0.2) is 4.79 Å². The number of methoxy groups -OCH3 is 1. The SMILES string of the molecule is CC[C@H]1OC(=O)[C@H](C)[C@@H](O[C@H]2C[C@@](C)(OC)[C@@H](O)[C@H](C)O2)[C@H](C)[C@@H](O[C@@H]2O[C@H](C)C[C@H](N(C)C)[C@H]2O)[C@](C)(O)C[C@@H](C)CN(CCCNC(=O)Nc2ccc3c(c2)CCC3)[C@H](C)[C@@H](O)[C@]1(C)O. The van der Waals surface area contributed by atoms with Crippen LogP contribution in [-0.4, -0.2) is 178 Å². The number of aliphatic hydroxyl groups is 5. The summed E-state index contributed by atoms with van der Waals surface area (Å²) < 4.78 is 38.1. The van der Waals surface area contributed by atoms with E-state index in [0.717, 1.165) is 24.9 Å². The number of aliphatic hydroxyl groups excluding tert-OH is 3. The molecule has 3 fully saturated rings. The van der Waals surface area contributed by atoms with Gasteiger partial charge in [-0.3, -0.25) is 9.69 Å². The first-order chi connectivity index (χ1) is 31.3. The maximum Gasteiger partial charge on any atom is 0.319 e. The van der Waals surface area contributed by atoms with Crippen molar-refractivity contribution in [2.45, 2.75) is 211 Å². The van der Waals surface area contributed by atoms with Crippen molar-refractivity contribution >= 4 is 17.7 Å². The third-order valence-electron chi connectivity index (χ3n) is 15.3. The number of anilines is 1. The predicted molar refractivity (Wildman–Crippen MR) is 253 cm³/mol. The highest BCUT2D eigenvalue weighted by Crippen LogP contribution is 2.40. The fourth-order valence-corrected chi connectivity index (χ4v) is 11.2. The van der Waals surface area contributed by atoms with Gasteiger partial charge in [0.05, 0.1) is 41.5 Å². The smallest absolute Gasteiger partial charge is 0.319 e. The number of carbonyl (C=O) groups is 2. The Labute approximate surface area is 399 Å². The van der Waals surface area contributed by atoms with Crippen molar-refractivity contribution in [1.82, 2.24) is 15.1 Å². The van der Waals surface area contributed by atoms with Gasteiger partial charge in [0.2, 0.25) is 0 Å². The van der Waals surface area contributed by atoms with Gasteiger partial charge < -0.3 is 69.5 Å². The number of fused-ring (bicyclic) bond motifs is 1. The van der Waals surface area contributed by atoms with Crippen molar-refractivity contribution in [1.29, 1.82) is 0 Å². The number of urea groups is 1. The fourth-order valence-electron chi connectivity index (χ4n) is 11.2. The standard InChI is InChI=1S/C50H86N4O13/c1-14-38-50(10,61)42(56)32(6)54(22-16-21-51-47(59)52-36-20-19-34-17-15-18-35(34)24-36)27-28(2)25-48(8,60)44(67-46-40(55)37(53(11)12)23-29(3)63-46)30(4)41(31(5)45(58)65-38)66-39-26-49(9,62-13)43(57)33(7)64-39/h19-20,24,28-33,37-44,46,55-57,60-61H,14-18,21-23,25-27H2,1-13H3,(H2,51,52,59)/t28-,29-,30+,31-,32-,33+,37+,38-,39+,40-,41+,42-,43+,44-,46+,48-,49-,50-/m1/s1. The molecular weight excluding hydrogens is 865 g/mol. The highest BCUT2D eigenvalue weighted by Gasteiger charge is 2.53. The lowest BCUT2D eigenvalue weighted by atomic mass is 9.77. The van der Waals surface area contributed by atoms with E-state index in [1.165, 1.54) is 25.2 Å². The zero-order valence-corrected chi connectivity index (χ0v) is 42.6. The summed E-state index contributed by atoms with van der Waals surface area (Å²) >= 11 is 0. The van der Waals surface area contributed by atoms with Crippen LogP contribution in [0.15, 0.2) is 18.2 Å². The van der Waals surface area contributed by atoms with Crippen LogP contribution >= 0.6 is 0 Å².